The van der Waals surface area contributed by atoms with Gasteiger partial charge in [-0.3, -0.25) is 4.79 Å². The normalized spacial score (nSPS) is 10.1. The Balaban J connectivity index is 2.08. The first kappa shape index (κ1) is 16.2. The maximum absolute atomic E-state index is 12.2. The average molecular weight is 321 g/mol. The Hall–Kier alpha value is -2.21. The Morgan fingerprint density at radius 2 is 1.82 bits per heavy atom. The number of benzene rings is 1. The van der Waals surface area contributed by atoms with E-state index in [1.54, 1.807) is 23.5 Å². The molecule has 0 aliphatic heterocycles. The third-order valence-corrected chi connectivity index (χ3v) is 4.10. The number of amides is 1. The maximum Gasteiger partial charge on any atom is 0.251 e. The Morgan fingerprint density at radius 3 is 2.32 bits per heavy atom. The SMILES string of the molecule is COc1cc(C(=O)NCCc2cccs2)cc(OC)c1OC. The van der Waals surface area contributed by atoms with E-state index in [-0.39, 0.29) is 5.91 Å². The zero-order chi connectivity index (χ0) is 15.9. The van der Waals surface area contributed by atoms with Crippen molar-refractivity contribution in [3.05, 3.63) is 40.1 Å². The van der Waals surface area contributed by atoms with Crippen molar-refractivity contribution in [2.45, 2.75) is 6.42 Å². The van der Waals surface area contributed by atoms with E-state index >= 15 is 0 Å². The highest BCUT2D eigenvalue weighted by Gasteiger charge is 2.16. The van der Waals surface area contributed by atoms with Crippen LogP contribution in [0.3, 0.4) is 0 Å². The molecule has 1 heterocycles. The van der Waals surface area contributed by atoms with Gasteiger partial charge in [0.15, 0.2) is 11.5 Å². The molecule has 0 saturated heterocycles. The fourth-order valence-corrected chi connectivity index (χ4v) is 2.78. The monoisotopic (exact) mass is 321 g/mol. The molecule has 6 heteroatoms. The highest BCUT2D eigenvalue weighted by molar-refractivity contribution is 7.09. The summed E-state index contributed by atoms with van der Waals surface area (Å²) >= 11 is 1.68. The fraction of sp³-hybridized carbons (Fsp3) is 0.312. The smallest absolute Gasteiger partial charge is 0.251 e. The van der Waals surface area contributed by atoms with Crippen LogP contribution < -0.4 is 19.5 Å². The Labute approximate surface area is 133 Å². The second-order valence-electron chi connectivity index (χ2n) is 4.50. The molecule has 0 atom stereocenters. The van der Waals surface area contributed by atoms with Crippen molar-refractivity contribution in [3.63, 3.8) is 0 Å². The van der Waals surface area contributed by atoms with Crippen molar-refractivity contribution in [1.82, 2.24) is 5.32 Å². The van der Waals surface area contributed by atoms with Gasteiger partial charge in [0, 0.05) is 17.0 Å². The van der Waals surface area contributed by atoms with Gasteiger partial charge < -0.3 is 19.5 Å². The van der Waals surface area contributed by atoms with Gasteiger partial charge in [-0.1, -0.05) is 6.07 Å². The summed E-state index contributed by atoms with van der Waals surface area (Å²) in [7, 11) is 4.58. The van der Waals surface area contributed by atoms with Crippen molar-refractivity contribution < 1.29 is 19.0 Å². The number of hydrogen-bond donors (Lipinski definition) is 1. The molecule has 5 nitrogen and oxygen atoms in total. The zero-order valence-electron chi connectivity index (χ0n) is 12.8. The van der Waals surface area contributed by atoms with E-state index in [1.165, 1.54) is 26.2 Å². The van der Waals surface area contributed by atoms with Crippen LogP contribution in [0.4, 0.5) is 0 Å². The van der Waals surface area contributed by atoms with Gasteiger partial charge in [0.05, 0.1) is 21.3 Å². The molecule has 0 radical (unpaired) electrons. The molecule has 0 spiro atoms. The molecule has 1 aromatic heterocycles. The van der Waals surface area contributed by atoms with E-state index in [9.17, 15) is 4.79 Å². The Morgan fingerprint density at radius 1 is 1.14 bits per heavy atom. The minimum atomic E-state index is -0.171. The van der Waals surface area contributed by atoms with Gasteiger partial charge in [-0.2, -0.15) is 0 Å². The number of carbonyl (C=O) groups excluding carboxylic acids is 1. The quantitative estimate of drug-likeness (QED) is 0.852. The average Bonchev–Trinajstić information content (AvgIpc) is 3.06. The van der Waals surface area contributed by atoms with Crippen LogP contribution in [0.15, 0.2) is 29.6 Å². The van der Waals surface area contributed by atoms with E-state index < -0.39 is 0 Å². The van der Waals surface area contributed by atoms with Gasteiger partial charge in [-0.25, -0.2) is 0 Å². The summed E-state index contributed by atoms with van der Waals surface area (Å²) < 4.78 is 15.7. The predicted molar refractivity (Wildman–Crippen MR) is 86.5 cm³/mol. The zero-order valence-corrected chi connectivity index (χ0v) is 13.7. The van der Waals surface area contributed by atoms with Gasteiger partial charge in [0.2, 0.25) is 5.75 Å². The van der Waals surface area contributed by atoms with Crippen molar-refractivity contribution in [3.8, 4) is 17.2 Å². The van der Waals surface area contributed by atoms with E-state index in [0.717, 1.165) is 6.42 Å². The van der Waals surface area contributed by atoms with Gasteiger partial charge >= 0.3 is 0 Å². The van der Waals surface area contributed by atoms with Gasteiger partial charge in [0.1, 0.15) is 0 Å². The molecular weight excluding hydrogens is 302 g/mol. The number of thiophene rings is 1. The van der Waals surface area contributed by atoms with E-state index in [4.69, 9.17) is 14.2 Å². The second kappa shape index (κ2) is 7.70. The lowest BCUT2D eigenvalue weighted by atomic mass is 10.1. The minimum Gasteiger partial charge on any atom is -0.493 e. The number of nitrogens with one attached hydrogen (secondary N) is 1. The number of ether oxygens (including phenoxy) is 3. The molecular formula is C16H19NO4S. The highest BCUT2D eigenvalue weighted by Crippen LogP contribution is 2.38. The van der Waals surface area contributed by atoms with Crippen molar-refractivity contribution in [2.75, 3.05) is 27.9 Å². The van der Waals surface area contributed by atoms with Crippen molar-refractivity contribution in [2.24, 2.45) is 0 Å². The van der Waals surface area contributed by atoms with Crippen molar-refractivity contribution >= 4 is 17.2 Å². The lowest BCUT2D eigenvalue weighted by Gasteiger charge is -2.14. The molecule has 0 unspecified atom stereocenters. The molecule has 1 N–H and O–H groups in total. The highest BCUT2D eigenvalue weighted by atomic mass is 32.1. The number of methoxy groups -OCH3 is 3. The molecule has 0 saturated carbocycles. The molecule has 118 valence electrons. The summed E-state index contributed by atoms with van der Waals surface area (Å²) in [4.78, 5) is 13.5. The van der Waals surface area contributed by atoms with Crippen LogP contribution in [-0.2, 0) is 6.42 Å². The first-order valence-electron chi connectivity index (χ1n) is 6.80. The third-order valence-electron chi connectivity index (χ3n) is 3.16. The molecule has 0 bridgehead atoms. The van der Waals surface area contributed by atoms with Crippen LogP contribution in [-0.4, -0.2) is 33.8 Å². The summed E-state index contributed by atoms with van der Waals surface area (Å²) in [6, 6.07) is 7.33. The molecule has 0 aliphatic rings. The molecule has 2 rings (SSSR count). The summed E-state index contributed by atoms with van der Waals surface area (Å²) in [6.07, 6.45) is 0.813. The Kier molecular flexibility index (Phi) is 5.66. The standard InChI is InChI=1S/C16H19NO4S/c1-19-13-9-11(10-14(20-2)15(13)21-3)16(18)17-7-6-12-5-4-8-22-12/h4-5,8-10H,6-7H2,1-3H3,(H,17,18). The molecule has 1 amide bonds. The molecule has 0 aliphatic carbocycles. The maximum atomic E-state index is 12.2. The van der Waals surface area contributed by atoms with Crippen LogP contribution in [0, 0.1) is 0 Å². The largest absolute Gasteiger partial charge is 0.493 e. The fourth-order valence-electron chi connectivity index (χ4n) is 2.07. The van der Waals surface area contributed by atoms with E-state index in [2.05, 4.69) is 11.4 Å². The van der Waals surface area contributed by atoms with Crippen molar-refractivity contribution in [1.29, 1.82) is 0 Å². The van der Waals surface area contributed by atoms with Crippen LogP contribution in [0.25, 0.3) is 0 Å². The van der Waals surface area contributed by atoms with Gasteiger partial charge in [0.25, 0.3) is 5.91 Å². The second-order valence-corrected chi connectivity index (χ2v) is 5.53. The molecule has 22 heavy (non-hydrogen) atoms. The molecule has 1 aromatic carbocycles. The summed E-state index contributed by atoms with van der Waals surface area (Å²) in [6.45, 7) is 0.579. The first-order valence-corrected chi connectivity index (χ1v) is 7.68. The van der Waals surface area contributed by atoms with Gasteiger partial charge in [-0.05, 0) is 30.0 Å². The number of rotatable bonds is 7. The van der Waals surface area contributed by atoms with Crippen LogP contribution in [0.2, 0.25) is 0 Å². The van der Waals surface area contributed by atoms with Crippen LogP contribution >= 0.6 is 11.3 Å². The van der Waals surface area contributed by atoms with Crippen LogP contribution in [0.1, 0.15) is 15.2 Å². The number of hydrogen-bond acceptors (Lipinski definition) is 5. The first-order chi connectivity index (χ1) is 10.7. The lowest BCUT2D eigenvalue weighted by molar-refractivity contribution is 0.0953. The predicted octanol–water partition coefficient (Wildman–Crippen LogP) is 2.75. The van der Waals surface area contributed by atoms with Gasteiger partial charge in [-0.15, -0.1) is 11.3 Å². The summed E-state index contributed by atoms with van der Waals surface area (Å²) in [5.74, 6) is 1.23. The number of carbonyl (C=O) groups is 1. The van der Waals surface area contributed by atoms with E-state index in [0.29, 0.717) is 29.4 Å². The minimum absolute atomic E-state index is 0.171. The summed E-state index contributed by atoms with van der Waals surface area (Å²) in [5.41, 5.74) is 0.473. The third kappa shape index (κ3) is 3.71. The summed E-state index contributed by atoms with van der Waals surface area (Å²) in [5, 5.41) is 4.92. The van der Waals surface area contributed by atoms with Crippen LogP contribution in [0.5, 0.6) is 17.2 Å². The molecule has 2 aromatic rings. The topological polar surface area (TPSA) is 56.8 Å². The lowest BCUT2D eigenvalue weighted by Crippen LogP contribution is -2.25. The van der Waals surface area contributed by atoms with E-state index in [1.807, 2.05) is 11.4 Å². The Bertz CT molecular complexity index is 600. The molecule has 0 fully saturated rings.